The first-order valence-electron chi connectivity index (χ1n) is 6.35. The number of nitriles is 1. The predicted octanol–water partition coefficient (Wildman–Crippen LogP) is 1.72. The maximum Gasteiger partial charge on any atom is 0.227 e. The highest BCUT2D eigenvalue weighted by Gasteiger charge is 2.21. The van der Waals surface area contributed by atoms with Crippen LogP contribution < -0.4 is 0 Å². The van der Waals surface area contributed by atoms with Gasteiger partial charge in [-0.1, -0.05) is 12.1 Å². The summed E-state index contributed by atoms with van der Waals surface area (Å²) in [6.07, 6.45) is 0.287. The first kappa shape index (κ1) is 15.2. The molecule has 0 saturated heterocycles. The van der Waals surface area contributed by atoms with E-state index in [9.17, 15) is 9.90 Å². The van der Waals surface area contributed by atoms with Crippen molar-refractivity contribution in [2.24, 2.45) is 0 Å². The molecule has 0 fully saturated rings. The van der Waals surface area contributed by atoms with Crippen LogP contribution in [0.5, 0.6) is 0 Å². The topological polar surface area (TPSA) is 64.3 Å². The Morgan fingerprint density at radius 3 is 2.37 bits per heavy atom. The maximum atomic E-state index is 12.1. The molecule has 0 aliphatic carbocycles. The molecule has 0 aromatic heterocycles. The monoisotopic (exact) mass is 260 g/mol. The van der Waals surface area contributed by atoms with Gasteiger partial charge in [0.05, 0.1) is 23.7 Å². The summed E-state index contributed by atoms with van der Waals surface area (Å²) in [5.74, 6) is -0.0191. The number of hydrogen-bond acceptors (Lipinski definition) is 3. The fraction of sp³-hybridized carbons (Fsp3) is 0.467. The molecule has 0 atom stereocenters. The van der Waals surface area contributed by atoms with Gasteiger partial charge < -0.3 is 10.0 Å². The minimum atomic E-state index is -0.893. The van der Waals surface area contributed by atoms with Crippen molar-refractivity contribution < 1.29 is 9.90 Å². The summed E-state index contributed by atoms with van der Waals surface area (Å²) in [4.78, 5) is 13.8. The lowest BCUT2D eigenvalue weighted by molar-refractivity contribution is -0.133. The van der Waals surface area contributed by atoms with E-state index in [1.807, 2.05) is 13.0 Å². The lowest BCUT2D eigenvalue weighted by Gasteiger charge is -2.28. The van der Waals surface area contributed by atoms with Crippen LogP contribution in [0.4, 0.5) is 0 Å². The summed E-state index contributed by atoms with van der Waals surface area (Å²) in [5.41, 5.74) is 0.564. The molecule has 1 rings (SSSR count). The molecule has 0 radical (unpaired) electrons. The average molecular weight is 260 g/mol. The van der Waals surface area contributed by atoms with E-state index in [2.05, 4.69) is 0 Å². The first-order valence-corrected chi connectivity index (χ1v) is 6.35. The second-order valence-corrected chi connectivity index (χ2v) is 5.21. The van der Waals surface area contributed by atoms with E-state index in [1.54, 1.807) is 43.0 Å². The number of benzene rings is 1. The Hall–Kier alpha value is -1.86. The number of carbonyl (C=O) groups excluding carboxylic acids is 1. The van der Waals surface area contributed by atoms with Gasteiger partial charge in [-0.05, 0) is 38.5 Å². The zero-order chi connectivity index (χ0) is 14.5. The minimum Gasteiger partial charge on any atom is -0.389 e. The van der Waals surface area contributed by atoms with Gasteiger partial charge >= 0.3 is 0 Å². The highest BCUT2D eigenvalue weighted by molar-refractivity contribution is 5.78. The van der Waals surface area contributed by atoms with Gasteiger partial charge in [0, 0.05) is 13.1 Å². The van der Waals surface area contributed by atoms with Crippen LogP contribution in [0.2, 0.25) is 0 Å². The first-order chi connectivity index (χ1) is 8.85. The number of aliphatic hydroxyl groups is 1. The van der Waals surface area contributed by atoms with Crippen LogP contribution in [0.1, 0.15) is 31.9 Å². The molecule has 1 aromatic carbocycles. The lowest BCUT2D eigenvalue weighted by atomic mass is 10.1. The van der Waals surface area contributed by atoms with Crippen LogP contribution >= 0.6 is 0 Å². The van der Waals surface area contributed by atoms with E-state index < -0.39 is 5.60 Å². The Balaban J connectivity index is 2.69. The third kappa shape index (κ3) is 5.11. The molecule has 0 bridgehead atoms. The molecule has 1 amide bonds. The molecule has 0 saturated carbocycles. The summed E-state index contributed by atoms with van der Waals surface area (Å²) in [7, 11) is 0. The Bertz CT molecular complexity index is 466. The highest BCUT2D eigenvalue weighted by Crippen LogP contribution is 2.09. The Morgan fingerprint density at radius 2 is 1.95 bits per heavy atom. The lowest BCUT2D eigenvalue weighted by Crippen LogP contribution is -2.42. The van der Waals surface area contributed by atoms with Gasteiger partial charge in [0.25, 0.3) is 0 Å². The van der Waals surface area contributed by atoms with Crippen molar-refractivity contribution >= 4 is 5.91 Å². The van der Waals surface area contributed by atoms with Crippen LogP contribution in [0, 0.1) is 11.3 Å². The second kappa shape index (κ2) is 6.35. The predicted molar refractivity (Wildman–Crippen MR) is 73.4 cm³/mol. The van der Waals surface area contributed by atoms with Gasteiger partial charge in [0.1, 0.15) is 0 Å². The van der Waals surface area contributed by atoms with E-state index >= 15 is 0 Å². The van der Waals surface area contributed by atoms with Crippen LogP contribution in [0.3, 0.4) is 0 Å². The van der Waals surface area contributed by atoms with Crippen molar-refractivity contribution in [3.8, 4) is 6.07 Å². The number of amides is 1. The summed E-state index contributed by atoms with van der Waals surface area (Å²) in [5, 5.41) is 18.5. The van der Waals surface area contributed by atoms with Crippen LogP contribution in [0.15, 0.2) is 24.3 Å². The molecule has 0 heterocycles. The third-order valence-electron chi connectivity index (χ3n) is 2.75. The Labute approximate surface area is 114 Å². The van der Waals surface area contributed by atoms with Gasteiger partial charge in [-0.3, -0.25) is 4.79 Å². The molecule has 0 unspecified atom stereocenters. The third-order valence-corrected chi connectivity index (χ3v) is 2.75. The number of hydrogen-bond donors (Lipinski definition) is 1. The van der Waals surface area contributed by atoms with Gasteiger partial charge in [-0.25, -0.2) is 0 Å². The highest BCUT2D eigenvalue weighted by atomic mass is 16.3. The molecule has 0 aliphatic heterocycles. The van der Waals surface area contributed by atoms with Gasteiger partial charge in [-0.2, -0.15) is 5.26 Å². The summed E-state index contributed by atoms with van der Waals surface area (Å²) >= 11 is 0. The van der Waals surface area contributed by atoms with Gasteiger partial charge in [-0.15, -0.1) is 0 Å². The smallest absolute Gasteiger partial charge is 0.227 e. The largest absolute Gasteiger partial charge is 0.389 e. The minimum absolute atomic E-state index is 0.0191. The number of nitrogens with zero attached hydrogens (tertiary/aromatic N) is 2. The summed E-state index contributed by atoms with van der Waals surface area (Å²) < 4.78 is 0. The van der Waals surface area contributed by atoms with E-state index in [4.69, 9.17) is 5.26 Å². The Morgan fingerprint density at radius 1 is 1.37 bits per heavy atom. The fourth-order valence-corrected chi connectivity index (χ4v) is 1.83. The molecular formula is C15H20N2O2. The van der Waals surface area contributed by atoms with E-state index in [0.717, 1.165) is 5.56 Å². The Kier molecular flexibility index (Phi) is 5.08. The zero-order valence-corrected chi connectivity index (χ0v) is 11.7. The van der Waals surface area contributed by atoms with Crippen molar-refractivity contribution in [1.29, 1.82) is 5.26 Å². The molecule has 0 aliphatic rings. The van der Waals surface area contributed by atoms with E-state index in [0.29, 0.717) is 18.7 Å². The van der Waals surface area contributed by atoms with Crippen LogP contribution in [-0.4, -0.2) is 34.6 Å². The van der Waals surface area contributed by atoms with Crippen molar-refractivity contribution in [2.75, 3.05) is 13.1 Å². The van der Waals surface area contributed by atoms with Gasteiger partial charge in [0.2, 0.25) is 5.91 Å². The number of likely N-dealkylation sites (N-methyl/N-ethyl adjacent to an activating group) is 1. The van der Waals surface area contributed by atoms with Crippen molar-refractivity contribution in [3.63, 3.8) is 0 Å². The SMILES string of the molecule is CCN(CC(C)(C)O)C(=O)Cc1ccc(C#N)cc1. The molecule has 19 heavy (non-hydrogen) atoms. The van der Waals surface area contributed by atoms with E-state index in [1.165, 1.54) is 0 Å². The second-order valence-electron chi connectivity index (χ2n) is 5.21. The number of carbonyl (C=O) groups is 1. The maximum absolute atomic E-state index is 12.1. The molecule has 4 heteroatoms. The standard InChI is InChI=1S/C15H20N2O2/c1-4-17(11-15(2,3)19)14(18)9-12-5-7-13(10-16)8-6-12/h5-8,19H,4,9,11H2,1-3H3. The van der Waals surface area contributed by atoms with Crippen LogP contribution in [-0.2, 0) is 11.2 Å². The van der Waals surface area contributed by atoms with Crippen molar-refractivity contribution in [1.82, 2.24) is 4.90 Å². The van der Waals surface area contributed by atoms with Crippen molar-refractivity contribution in [3.05, 3.63) is 35.4 Å². The molecule has 0 spiro atoms. The quantitative estimate of drug-likeness (QED) is 0.876. The van der Waals surface area contributed by atoms with Crippen molar-refractivity contribution in [2.45, 2.75) is 32.8 Å². The average Bonchev–Trinajstić information content (AvgIpc) is 2.35. The zero-order valence-electron chi connectivity index (χ0n) is 11.7. The summed E-state index contributed by atoms with van der Waals surface area (Å²) in [6, 6.07) is 9.02. The van der Waals surface area contributed by atoms with Crippen LogP contribution in [0.25, 0.3) is 0 Å². The summed E-state index contributed by atoms with van der Waals surface area (Å²) in [6.45, 7) is 6.15. The molecule has 1 N–H and O–H groups in total. The number of rotatable bonds is 5. The van der Waals surface area contributed by atoms with Gasteiger partial charge in [0.15, 0.2) is 0 Å². The molecule has 1 aromatic rings. The van der Waals surface area contributed by atoms with E-state index in [-0.39, 0.29) is 12.3 Å². The normalized spacial score (nSPS) is 10.9. The fourth-order valence-electron chi connectivity index (χ4n) is 1.83. The molecule has 4 nitrogen and oxygen atoms in total. The molecule has 102 valence electrons. The molecular weight excluding hydrogens is 240 g/mol.